The molecule has 112 valence electrons. The van der Waals surface area contributed by atoms with Crippen LogP contribution in [0.15, 0.2) is 0 Å². The van der Waals surface area contributed by atoms with Crippen LogP contribution >= 0.6 is 0 Å². The molecule has 1 fully saturated rings. The lowest BCUT2D eigenvalue weighted by molar-refractivity contribution is 0.101. The maximum absolute atomic E-state index is 11.1. The third-order valence-electron chi connectivity index (χ3n) is 4.01. The van der Waals surface area contributed by atoms with Crippen LogP contribution in [0.5, 0.6) is 0 Å². The van der Waals surface area contributed by atoms with Gasteiger partial charge in [-0.15, -0.1) is 0 Å². The standard InChI is InChI=1S/C15H30N2O2/c1-4-19-15(18)16-11-6-5-7-12-17-13(2)9-8-10-14(17)3/h13-14H,4-12H2,1-3H3,(H,16,18)/t13-,14-/m1/s1. The summed E-state index contributed by atoms with van der Waals surface area (Å²) in [5.74, 6) is 0. The summed E-state index contributed by atoms with van der Waals surface area (Å²) in [7, 11) is 0. The molecule has 0 radical (unpaired) electrons. The van der Waals surface area contributed by atoms with Crippen molar-refractivity contribution in [2.24, 2.45) is 0 Å². The Kier molecular flexibility index (Phi) is 7.87. The van der Waals surface area contributed by atoms with Crippen LogP contribution in [0.2, 0.25) is 0 Å². The molecule has 0 spiro atoms. The molecule has 1 heterocycles. The van der Waals surface area contributed by atoms with Crippen molar-refractivity contribution < 1.29 is 9.53 Å². The van der Waals surface area contributed by atoms with E-state index in [4.69, 9.17) is 4.74 Å². The van der Waals surface area contributed by atoms with Crippen molar-refractivity contribution in [3.63, 3.8) is 0 Å². The molecule has 0 aromatic heterocycles. The zero-order valence-electron chi connectivity index (χ0n) is 12.8. The van der Waals surface area contributed by atoms with Crippen LogP contribution in [0.4, 0.5) is 4.79 Å². The summed E-state index contributed by atoms with van der Waals surface area (Å²) >= 11 is 0. The average molecular weight is 270 g/mol. The van der Waals surface area contributed by atoms with Crippen LogP contribution in [0, 0.1) is 0 Å². The van der Waals surface area contributed by atoms with Crippen molar-refractivity contribution in [1.29, 1.82) is 0 Å². The number of unbranched alkanes of at least 4 members (excludes halogenated alkanes) is 2. The van der Waals surface area contributed by atoms with Gasteiger partial charge < -0.3 is 10.1 Å². The number of rotatable bonds is 7. The van der Waals surface area contributed by atoms with Gasteiger partial charge in [0.2, 0.25) is 0 Å². The molecule has 4 heteroatoms. The minimum atomic E-state index is -0.291. The van der Waals surface area contributed by atoms with Crippen molar-refractivity contribution in [2.45, 2.75) is 71.4 Å². The van der Waals surface area contributed by atoms with E-state index in [9.17, 15) is 4.79 Å². The first kappa shape index (κ1) is 16.3. The Bertz CT molecular complexity index is 249. The molecule has 1 aliphatic heterocycles. The van der Waals surface area contributed by atoms with Gasteiger partial charge in [0, 0.05) is 18.6 Å². The van der Waals surface area contributed by atoms with Gasteiger partial charge >= 0.3 is 6.09 Å². The smallest absolute Gasteiger partial charge is 0.407 e. The highest BCUT2D eigenvalue weighted by atomic mass is 16.5. The van der Waals surface area contributed by atoms with Crippen molar-refractivity contribution in [1.82, 2.24) is 10.2 Å². The largest absolute Gasteiger partial charge is 0.450 e. The Hall–Kier alpha value is -0.770. The summed E-state index contributed by atoms with van der Waals surface area (Å²) in [6.45, 7) is 8.87. The molecule has 1 aliphatic rings. The summed E-state index contributed by atoms with van der Waals surface area (Å²) in [6, 6.07) is 1.47. The summed E-state index contributed by atoms with van der Waals surface area (Å²) in [4.78, 5) is 13.7. The number of ether oxygens (including phenoxy) is 1. The molecule has 0 aromatic carbocycles. The Morgan fingerprint density at radius 3 is 2.53 bits per heavy atom. The first-order valence-corrected chi connectivity index (χ1v) is 7.81. The lowest BCUT2D eigenvalue weighted by Crippen LogP contribution is -2.44. The van der Waals surface area contributed by atoms with Crippen molar-refractivity contribution in [3.8, 4) is 0 Å². The third kappa shape index (κ3) is 6.28. The molecular formula is C15H30N2O2. The fourth-order valence-corrected chi connectivity index (χ4v) is 2.88. The minimum Gasteiger partial charge on any atom is -0.450 e. The van der Waals surface area contributed by atoms with Crippen molar-refractivity contribution in [2.75, 3.05) is 19.7 Å². The van der Waals surface area contributed by atoms with Crippen LogP contribution in [0.1, 0.15) is 59.3 Å². The highest BCUT2D eigenvalue weighted by Gasteiger charge is 2.23. The van der Waals surface area contributed by atoms with Gasteiger partial charge in [0.05, 0.1) is 6.61 Å². The van der Waals surface area contributed by atoms with E-state index in [-0.39, 0.29) is 6.09 Å². The molecule has 0 saturated carbocycles. The molecule has 1 N–H and O–H groups in total. The second kappa shape index (κ2) is 9.18. The van der Waals surface area contributed by atoms with Gasteiger partial charge in [0.1, 0.15) is 0 Å². The maximum atomic E-state index is 11.1. The zero-order valence-corrected chi connectivity index (χ0v) is 12.8. The van der Waals surface area contributed by atoms with Gasteiger partial charge in [-0.05, 0) is 53.0 Å². The number of likely N-dealkylation sites (tertiary alicyclic amines) is 1. The van der Waals surface area contributed by atoms with Crippen LogP contribution in [-0.2, 0) is 4.74 Å². The molecule has 0 aliphatic carbocycles. The number of piperidine rings is 1. The van der Waals surface area contributed by atoms with Gasteiger partial charge in [-0.25, -0.2) is 4.79 Å². The van der Waals surface area contributed by atoms with E-state index >= 15 is 0 Å². The Balaban J connectivity index is 2.02. The highest BCUT2D eigenvalue weighted by molar-refractivity contribution is 5.66. The second-order valence-electron chi connectivity index (χ2n) is 5.57. The van der Waals surface area contributed by atoms with E-state index in [1.54, 1.807) is 0 Å². The SMILES string of the molecule is CCOC(=O)NCCCCCN1[C@H](C)CCC[C@H]1C. The van der Waals surface area contributed by atoms with Gasteiger partial charge in [0.25, 0.3) is 0 Å². The van der Waals surface area contributed by atoms with E-state index in [0.717, 1.165) is 25.0 Å². The molecule has 1 saturated heterocycles. The highest BCUT2D eigenvalue weighted by Crippen LogP contribution is 2.22. The number of nitrogens with zero attached hydrogens (tertiary/aromatic N) is 1. The third-order valence-corrected chi connectivity index (χ3v) is 4.01. The van der Waals surface area contributed by atoms with Gasteiger partial charge in [-0.2, -0.15) is 0 Å². The number of amides is 1. The molecule has 4 nitrogen and oxygen atoms in total. The summed E-state index contributed by atoms with van der Waals surface area (Å²) in [5.41, 5.74) is 0. The summed E-state index contributed by atoms with van der Waals surface area (Å²) in [5, 5.41) is 2.76. The first-order chi connectivity index (χ1) is 9.15. The van der Waals surface area contributed by atoms with Crippen molar-refractivity contribution >= 4 is 6.09 Å². The molecule has 0 bridgehead atoms. The second-order valence-corrected chi connectivity index (χ2v) is 5.57. The quantitative estimate of drug-likeness (QED) is 0.722. The van der Waals surface area contributed by atoms with E-state index in [0.29, 0.717) is 6.61 Å². The van der Waals surface area contributed by atoms with Crippen molar-refractivity contribution in [3.05, 3.63) is 0 Å². The van der Waals surface area contributed by atoms with E-state index in [1.165, 1.54) is 38.6 Å². The molecule has 0 unspecified atom stereocenters. The molecule has 19 heavy (non-hydrogen) atoms. The number of nitrogens with one attached hydrogen (secondary N) is 1. The van der Waals surface area contributed by atoms with E-state index in [1.807, 2.05) is 6.92 Å². The average Bonchev–Trinajstić information content (AvgIpc) is 2.36. The van der Waals surface area contributed by atoms with Crippen LogP contribution in [0.3, 0.4) is 0 Å². The number of alkyl carbamates (subject to hydrolysis) is 1. The fraction of sp³-hybridized carbons (Fsp3) is 0.933. The first-order valence-electron chi connectivity index (χ1n) is 7.81. The maximum Gasteiger partial charge on any atom is 0.407 e. The predicted octanol–water partition coefficient (Wildman–Crippen LogP) is 3.17. The molecular weight excluding hydrogens is 240 g/mol. The number of carbonyl (C=O) groups excluding carboxylic acids is 1. The fourth-order valence-electron chi connectivity index (χ4n) is 2.88. The Morgan fingerprint density at radius 2 is 1.89 bits per heavy atom. The molecule has 1 rings (SSSR count). The number of hydrogen-bond donors (Lipinski definition) is 1. The molecule has 0 aromatic rings. The lowest BCUT2D eigenvalue weighted by Gasteiger charge is -2.39. The van der Waals surface area contributed by atoms with Crippen LogP contribution in [0.25, 0.3) is 0 Å². The predicted molar refractivity (Wildman–Crippen MR) is 78.4 cm³/mol. The van der Waals surface area contributed by atoms with Crippen LogP contribution in [-0.4, -0.2) is 42.8 Å². The Morgan fingerprint density at radius 1 is 1.21 bits per heavy atom. The lowest BCUT2D eigenvalue weighted by atomic mass is 9.97. The summed E-state index contributed by atoms with van der Waals surface area (Å²) < 4.78 is 4.81. The number of hydrogen-bond acceptors (Lipinski definition) is 3. The monoisotopic (exact) mass is 270 g/mol. The number of carbonyl (C=O) groups is 1. The van der Waals surface area contributed by atoms with Gasteiger partial charge in [-0.1, -0.05) is 12.8 Å². The summed E-state index contributed by atoms with van der Waals surface area (Å²) in [6.07, 6.45) is 7.20. The topological polar surface area (TPSA) is 41.6 Å². The van der Waals surface area contributed by atoms with Gasteiger partial charge in [0.15, 0.2) is 0 Å². The van der Waals surface area contributed by atoms with Gasteiger partial charge in [-0.3, -0.25) is 4.90 Å². The molecule has 1 amide bonds. The van der Waals surface area contributed by atoms with Crippen LogP contribution < -0.4 is 5.32 Å². The molecule has 2 atom stereocenters. The minimum absolute atomic E-state index is 0.291. The normalized spacial score (nSPS) is 24.2. The zero-order chi connectivity index (χ0) is 14.1. The van der Waals surface area contributed by atoms with E-state index < -0.39 is 0 Å². The van der Waals surface area contributed by atoms with E-state index in [2.05, 4.69) is 24.1 Å². The Labute approximate surface area is 117 Å².